The topological polar surface area (TPSA) is 84.9 Å². The van der Waals surface area contributed by atoms with Crippen molar-refractivity contribution in [3.05, 3.63) is 12.2 Å². The van der Waals surface area contributed by atoms with Crippen LogP contribution in [-0.2, 0) is 19.1 Å². The molecule has 1 rings (SSSR count). The first-order chi connectivity index (χ1) is 10.5. The number of esters is 1. The van der Waals surface area contributed by atoms with Crippen molar-refractivity contribution in [1.82, 2.24) is 5.32 Å². The number of hydrogen-bond acceptors (Lipinski definition) is 5. The first-order valence-corrected chi connectivity index (χ1v) is 7.41. The monoisotopic (exact) mass is 317 g/mol. The zero-order valence-electron chi connectivity index (χ0n) is 12.8. The van der Waals surface area contributed by atoms with Gasteiger partial charge in [-0.1, -0.05) is 12.2 Å². The van der Waals surface area contributed by atoms with Crippen LogP contribution in [0, 0.1) is 0 Å². The van der Waals surface area contributed by atoms with Crippen LogP contribution in [-0.4, -0.2) is 55.6 Å². The third kappa shape index (κ3) is 7.00. The fourth-order valence-electron chi connectivity index (χ4n) is 2.23. The van der Waals surface area contributed by atoms with E-state index in [1.807, 2.05) is 6.08 Å². The second-order valence-corrected chi connectivity index (χ2v) is 5.44. The van der Waals surface area contributed by atoms with Crippen molar-refractivity contribution in [2.75, 3.05) is 26.9 Å². The fraction of sp³-hybridized carbons (Fsp3) is 0.733. The summed E-state index contributed by atoms with van der Waals surface area (Å²) in [5.74, 6) is -1.24. The zero-order chi connectivity index (χ0) is 16.4. The van der Waals surface area contributed by atoms with Crippen LogP contribution in [0.15, 0.2) is 12.2 Å². The molecule has 0 spiro atoms. The van der Waals surface area contributed by atoms with Crippen LogP contribution in [0.25, 0.3) is 0 Å². The van der Waals surface area contributed by atoms with Gasteiger partial charge in [-0.3, -0.25) is 9.59 Å². The number of ether oxygens (including phenoxy) is 2. The number of alkyl halides is 1. The minimum absolute atomic E-state index is 0.00120. The molecule has 0 aromatic heterocycles. The normalized spacial score (nSPS) is 24.7. The Bertz CT molecular complexity index is 401. The van der Waals surface area contributed by atoms with E-state index in [0.29, 0.717) is 13.0 Å². The van der Waals surface area contributed by atoms with E-state index < -0.39 is 17.7 Å². The number of nitrogens with one attached hydrogen (secondary N) is 1. The Kier molecular flexibility index (Phi) is 8.05. The Labute approximate surface area is 129 Å². The van der Waals surface area contributed by atoms with Crippen molar-refractivity contribution < 1.29 is 28.6 Å². The summed E-state index contributed by atoms with van der Waals surface area (Å²) in [4.78, 5) is 21.6. The number of carboxylic acid groups (broad SMARTS) is 1. The van der Waals surface area contributed by atoms with E-state index in [-0.39, 0.29) is 25.5 Å². The van der Waals surface area contributed by atoms with Gasteiger partial charge < -0.3 is 19.9 Å². The van der Waals surface area contributed by atoms with Gasteiger partial charge in [0, 0.05) is 19.4 Å². The molecule has 0 bridgehead atoms. The molecular formula is C15H24FNO5. The van der Waals surface area contributed by atoms with E-state index in [1.54, 1.807) is 6.08 Å². The molecule has 1 saturated heterocycles. The van der Waals surface area contributed by atoms with Crippen LogP contribution < -0.4 is 5.32 Å². The van der Waals surface area contributed by atoms with Gasteiger partial charge in [-0.05, 0) is 19.3 Å². The van der Waals surface area contributed by atoms with Gasteiger partial charge in [-0.15, -0.1) is 0 Å². The maximum atomic E-state index is 14.2. The molecule has 1 aliphatic rings. The van der Waals surface area contributed by atoms with Gasteiger partial charge in [-0.2, -0.15) is 0 Å². The molecule has 1 fully saturated rings. The van der Waals surface area contributed by atoms with Crippen LogP contribution in [0.4, 0.5) is 4.39 Å². The number of unbranched alkanes of at least 4 members (excludes halogenated alkanes) is 2. The van der Waals surface area contributed by atoms with E-state index >= 15 is 0 Å². The van der Waals surface area contributed by atoms with Crippen molar-refractivity contribution in [1.29, 1.82) is 0 Å². The summed E-state index contributed by atoms with van der Waals surface area (Å²) in [7, 11) is 1.37. The minimum atomic E-state index is -1.61. The summed E-state index contributed by atoms with van der Waals surface area (Å²) in [6, 6.07) is -0.834. The average Bonchev–Trinajstić information content (AvgIpc) is 2.88. The molecule has 1 aliphatic heterocycles. The Morgan fingerprint density at radius 3 is 2.82 bits per heavy atom. The van der Waals surface area contributed by atoms with Gasteiger partial charge in [0.1, 0.15) is 11.7 Å². The molecule has 126 valence electrons. The maximum absolute atomic E-state index is 14.2. The molecule has 1 heterocycles. The lowest BCUT2D eigenvalue weighted by Gasteiger charge is -2.17. The van der Waals surface area contributed by atoms with E-state index in [4.69, 9.17) is 9.84 Å². The summed E-state index contributed by atoms with van der Waals surface area (Å²) in [5.41, 5.74) is -1.61. The van der Waals surface area contributed by atoms with Gasteiger partial charge >= 0.3 is 11.9 Å². The molecule has 0 unspecified atom stereocenters. The maximum Gasteiger partial charge on any atom is 0.320 e. The lowest BCUT2D eigenvalue weighted by Crippen LogP contribution is -2.31. The van der Waals surface area contributed by atoms with Crippen molar-refractivity contribution in [3.8, 4) is 0 Å². The number of carboxylic acids is 1. The molecule has 2 N–H and O–H groups in total. The fourth-order valence-corrected chi connectivity index (χ4v) is 2.23. The molecule has 6 nitrogen and oxygen atoms in total. The largest absolute Gasteiger partial charge is 0.480 e. The molecule has 0 aromatic rings. The van der Waals surface area contributed by atoms with E-state index in [2.05, 4.69) is 10.1 Å². The van der Waals surface area contributed by atoms with Crippen molar-refractivity contribution in [3.63, 3.8) is 0 Å². The van der Waals surface area contributed by atoms with Gasteiger partial charge in [0.15, 0.2) is 0 Å². The smallest absolute Gasteiger partial charge is 0.320 e. The standard InChI is InChI=1S/C15H24FNO5/c1-21-13(18)7-5-3-2-4-6-8-22-11-15(16)9-12(14(19)20)17-10-15/h4,6,12,17H,2-3,5,7-11H2,1H3,(H,19,20)/b6-4+/t12-,15+/m0/s1. The van der Waals surface area contributed by atoms with E-state index in [9.17, 15) is 14.0 Å². The predicted octanol–water partition coefficient (Wildman–Crippen LogP) is 1.45. The highest BCUT2D eigenvalue weighted by Crippen LogP contribution is 2.24. The SMILES string of the molecule is COC(=O)CCCC/C=C/COC[C@]1(F)CN[C@H](C(=O)O)C1. The van der Waals surface area contributed by atoms with Crippen LogP contribution in [0.1, 0.15) is 32.1 Å². The number of carbonyl (C=O) groups excluding carboxylic acids is 1. The second-order valence-electron chi connectivity index (χ2n) is 5.44. The molecule has 7 heteroatoms. The molecule has 0 aromatic carbocycles. The zero-order valence-corrected chi connectivity index (χ0v) is 12.8. The third-order valence-corrected chi connectivity index (χ3v) is 3.50. The van der Waals surface area contributed by atoms with Crippen molar-refractivity contribution >= 4 is 11.9 Å². The Hall–Kier alpha value is -1.47. The number of carbonyl (C=O) groups is 2. The van der Waals surface area contributed by atoms with Crippen molar-refractivity contribution in [2.24, 2.45) is 0 Å². The summed E-state index contributed by atoms with van der Waals surface area (Å²) in [6.07, 6.45) is 6.55. The third-order valence-electron chi connectivity index (χ3n) is 3.50. The molecule has 0 amide bonds. The van der Waals surface area contributed by atoms with Gasteiger partial charge in [0.05, 0.1) is 20.3 Å². The van der Waals surface area contributed by atoms with E-state index in [1.165, 1.54) is 7.11 Å². The predicted molar refractivity (Wildman–Crippen MR) is 78.3 cm³/mol. The first-order valence-electron chi connectivity index (χ1n) is 7.41. The number of halogens is 1. The van der Waals surface area contributed by atoms with E-state index in [0.717, 1.165) is 19.3 Å². The Balaban J connectivity index is 2.04. The number of rotatable bonds is 10. The molecular weight excluding hydrogens is 293 g/mol. The average molecular weight is 317 g/mol. The van der Waals surface area contributed by atoms with Crippen LogP contribution in [0.2, 0.25) is 0 Å². The molecule has 0 saturated carbocycles. The number of aliphatic carboxylic acids is 1. The highest BCUT2D eigenvalue weighted by atomic mass is 19.1. The number of methoxy groups -OCH3 is 1. The number of allylic oxidation sites excluding steroid dienone is 1. The molecule has 2 atom stereocenters. The quantitative estimate of drug-likeness (QED) is 0.360. The first kappa shape index (κ1) is 18.6. The molecule has 22 heavy (non-hydrogen) atoms. The van der Waals surface area contributed by atoms with Gasteiger partial charge in [-0.25, -0.2) is 4.39 Å². The number of hydrogen-bond donors (Lipinski definition) is 2. The van der Waals surface area contributed by atoms with Crippen LogP contribution >= 0.6 is 0 Å². The summed E-state index contributed by atoms with van der Waals surface area (Å²) in [5, 5.41) is 11.4. The highest BCUT2D eigenvalue weighted by molar-refractivity contribution is 5.74. The lowest BCUT2D eigenvalue weighted by atomic mass is 10.0. The van der Waals surface area contributed by atoms with Crippen LogP contribution in [0.5, 0.6) is 0 Å². The minimum Gasteiger partial charge on any atom is -0.480 e. The summed E-state index contributed by atoms with van der Waals surface area (Å²) >= 11 is 0. The van der Waals surface area contributed by atoms with Gasteiger partial charge in [0.25, 0.3) is 0 Å². The summed E-state index contributed by atoms with van der Waals surface area (Å²) in [6.45, 7) is 0.179. The summed E-state index contributed by atoms with van der Waals surface area (Å²) < 4.78 is 24.0. The lowest BCUT2D eigenvalue weighted by molar-refractivity contribution is -0.141. The second kappa shape index (κ2) is 9.53. The van der Waals surface area contributed by atoms with Gasteiger partial charge in [0.2, 0.25) is 0 Å². The molecule has 0 radical (unpaired) electrons. The molecule has 0 aliphatic carbocycles. The Morgan fingerprint density at radius 2 is 2.18 bits per heavy atom. The highest BCUT2D eigenvalue weighted by Gasteiger charge is 2.42. The Morgan fingerprint density at radius 1 is 1.41 bits per heavy atom. The van der Waals surface area contributed by atoms with Crippen molar-refractivity contribution in [2.45, 2.75) is 43.8 Å². The van der Waals surface area contributed by atoms with Crippen LogP contribution in [0.3, 0.4) is 0 Å².